The standard InChI is InChI=1S/C24H32ClF2N7O2/c1-13(28)20(22(30-3)31-4)23(35)32-18-12-34(16-7-5-6-15(11-16)29-2)33-21(18)17-10-14(25)8-9-19(17)36-24(26)27/h8-10,12,15-16,24,29-31H,1,5-7,11,28H2,2-4H3,(H,32,35)/t15-,16+/m1/s1. The van der Waals surface area contributed by atoms with Crippen LogP contribution in [0.5, 0.6) is 5.75 Å². The minimum Gasteiger partial charge on any atom is -0.434 e. The van der Waals surface area contributed by atoms with Gasteiger partial charge in [-0.05, 0) is 50.9 Å². The third-order valence-corrected chi connectivity index (χ3v) is 6.36. The second-order valence-electron chi connectivity index (χ2n) is 8.43. The van der Waals surface area contributed by atoms with Crippen LogP contribution in [0.4, 0.5) is 14.5 Å². The fraction of sp³-hybridized carbons (Fsp3) is 0.417. The Morgan fingerprint density at radius 1 is 1.28 bits per heavy atom. The molecule has 1 saturated carbocycles. The highest BCUT2D eigenvalue weighted by atomic mass is 35.5. The molecule has 2 atom stereocenters. The van der Waals surface area contributed by atoms with Crippen LogP contribution < -0.4 is 31.7 Å². The molecular formula is C24H32ClF2N7O2. The van der Waals surface area contributed by atoms with Crippen molar-refractivity contribution in [3.63, 3.8) is 0 Å². The summed E-state index contributed by atoms with van der Waals surface area (Å²) in [4.78, 5) is 13.3. The topological polar surface area (TPSA) is 118 Å². The number of alkyl halides is 2. The molecule has 196 valence electrons. The molecule has 0 spiro atoms. The summed E-state index contributed by atoms with van der Waals surface area (Å²) in [7, 11) is 5.18. The van der Waals surface area contributed by atoms with E-state index < -0.39 is 12.5 Å². The lowest BCUT2D eigenvalue weighted by atomic mass is 9.91. The van der Waals surface area contributed by atoms with E-state index in [4.69, 9.17) is 27.2 Å². The Labute approximate surface area is 214 Å². The quantitative estimate of drug-likeness (QED) is 0.239. The van der Waals surface area contributed by atoms with Crippen LogP contribution in [0.2, 0.25) is 5.02 Å². The van der Waals surface area contributed by atoms with E-state index in [1.165, 1.54) is 18.2 Å². The fourth-order valence-electron chi connectivity index (χ4n) is 4.40. The predicted octanol–water partition coefficient (Wildman–Crippen LogP) is 3.57. The maximum atomic E-state index is 13.3. The maximum Gasteiger partial charge on any atom is 0.387 e. The first-order valence-corrected chi connectivity index (χ1v) is 11.9. The summed E-state index contributed by atoms with van der Waals surface area (Å²) in [5.41, 5.74) is 6.79. The second-order valence-corrected chi connectivity index (χ2v) is 8.86. The summed E-state index contributed by atoms with van der Waals surface area (Å²) < 4.78 is 32.8. The molecule has 1 fully saturated rings. The first-order valence-electron chi connectivity index (χ1n) is 11.5. The molecule has 1 amide bonds. The Morgan fingerprint density at radius 2 is 2.00 bits per heavy atom. The summed E-state index contributed by atoms with van der Waals surface area (Å²) in [5, 5.41) is 16.9. The Kier molecular flexibility index (Phi) is 9.16. The van der Waals surface area contributed by atoms with Crippen molar-refractivity contribution >= 4 is 23.2 Å². The van der Waals surface area contributed by atoms with Gasteiger partial charge in [0, 0.05) is 42.6 Å². The zero-order valence-electron chi connectivity index (χ0n) is 20.5. The zero-order chi connectivity index (χ0) is 26.4. The molecule has 2 aromatic rings. The number of aromatic nitrogens is 2. The Balaban J connectivity index is 2.12. The number of hydrogen-bond donors (Lipinski definition) is 5. The largest absolute Gasteiger partial charge is 0.434 e. The molecule has 1 aromatic heterocycles. The first kappa shape index (κ1) is 27.3. The van der Waals surface area contributed by atoms with Crippen LogP contribution in [0.1, 0.15) is 31.7 Å². The SMILES string of the molecule is C=C(N)C(C(=O)Nc1cn([C@H]2CCC[C@@H](NC)C2)nc1-c1cc(Cl)ccc1OC(F)F)=C(NC)NC. The molecule has 9 nitrogen and oxygen atoms in total. The van der Waals surface area contributed by atoms with Gasteiger partial charge in [-0.2, -0.15) is 13.9 Å². The molecule has 0 unspecified atom stereocenters. The van der Waals surface area contributed by atoms with Gasteiger partial charge in [-0.25, -0.2) is 0 Å². The molecule has 1 aliphatic rings. The summed E-state index contributed by atoms with van der Waals surface area (Å²) in [6, 6.07) is 4.64. The van der Waals surface area contributed by atoms with Crippen molar-refractivity contribution in [3.05, 3.63) is 53.1 Å². The van der Waals surface area contributed by atoms with Gasteiger partial charge in [0.25, 0.3) is 5.91 Å². The summed E-state index contributed by atoms with van der Waals surface area (Å²) >= 11 is 6.20. The number of ether oxygens (including phenoxy) is 1. The van der Waals surface area contributed by atoms with Gasteiger partial charge in [-0.1, -0.05) is 18.2 Å². The van der Waals surface area contributed by atoms with Gasteiger partial charge in [0.2, 0.25) is 0 Å². The van der Waals surface area contributed by atoms with E-state index in [1.807, 2.05) is 7.05 Å². The molecule has 36 heavy (non-hydrogen) atoms. The van der Waals surface area contributed by atoms with E-state index in [-0.39, 0.29) is 34.3 Å². The highest BCUT2D eigenvalue weighted by Gasteiger charge is 2.27. The minimum absolute atomic E-state index is 0.0359. The molecule has 12 heteroatoms. The molecular weight excluding hydrogens is 492 g/mol. The molecule has 1 aliphatic carbocycles. The number of nitrogens with one attached hydrogen (secondary N) is 4. The van der Waals surface area contributed by atoms with E-state index in [0.29, 0.717) is 22.6 Å². The third-order valence-electron chi connectivity index (χ3n) is 6.12. The zero-order valence-corrected chi connectivity index (χ0v) is 21.3. The van der Waals surface area contributed by atoms with Crippen LogP contribution in [0.25, 0.3) is 11.3 Å². The van der Waals surface area contributed by atoms with Crippen LogP contribution in [0.3, 0.4) is 0 Å². The van der Waals surface area contributed by atoms with Gasteiger partial charge in [-0.15, -0.1) is 0 Å². The normalized spacial score (nSPS) is 17.4. The van der Waals surface area contributed by atoms with E-state index in [2.05, 4.69) is 27.8 Å². The number of rotatable bonds is 10. The average molecular weight is 524 g/mol. The lowest BCUT2D eigenvalue weighted by Gasteiger charge is -2.29. The molecule has 0 aliphatic heterocycles. The third kappa shape index (κ3) is 6.27. The number of nitrogens with two attached hydrogens (primary N) is 1. The Morgan fingerprint density at radius 3 is 2.61 bits per heavy atom. The van der Waals surface area contributed by atoms with Gasteiger partial charge in [0.1, 0.15) is 22.8 Å². The average Bonchev–Trinajstić information content (AvgIpc) is 3.26. The first-order chi connectivity index (χ1) is 17.2. The number of nitrogens with zero attached hydrogens (tertiary/aromatic N) is 2. The van der Waals surface area contributed by atoms with Gasteiger partial charge >= 0.3 is 6.61 Å². The van der Waals surface area contributed by atoms with Crippen LogP contribution >= 0.6 is 11.6 Å². The van der Waals surface area contributed by atoms with Crippen molar-refractivity contribution in [1.29, 1.82) is 0 Å². The highest BCUT2D eigenvalue weighted by molar-refractivity contribution is 6.31. The molecule has 1 aromatic carbocycles. The van der Waals surface area contributed by atoms with Crippen LogP contribution in [-0.2, 0) is 4.79 Å². The smallest absolute Gasteiger partial charge is 0.387 e. The van der Waals surface area contributed by atoms with Crippen molar-refractivity contribution in [2.75, 3.05) is 26.5 Å². The van der Waals surface area contributed by atoms with Crippen molar-refractivity contribution in [1.82, 2.24) is 25.7 Å². The van der Waals surface area contributed by atoms with Gasteiger partial charge in [0.15, 0.2) is 0 Å². The number of carbonyl (C=O) groups excluding carboxylic acids is 1. The fourth-order valence-corrected chi connectivity index (χ4v) is 4.57. The summed E-state index contributed by atoms with van der Waals surface area (Å²) in [6.45, 7) is 0.649. The van der Waals surface area contributed by atoms with E-state index in [0.717, 1.165) is 25.7 Å². The van der Waals surface area contributed by atoms with Crippen molar-refractivity contribution in [3.8, 4) is 17.0 Å². The molecule has 3 rings (SSSR count). The van der Waals surface area contributed by atoms with Gasteiger partial charge in [-0.3, -0.25) is 9.48 Å². The van der Waals surface area contributed by atoms with E-state index in [9.17, 15) is 13.6 Å². The van der Waals surface area contributed by atoms with E-state index in [1.54, 1.807) is 25.0 Å². The van der Waals surface area contributed by atoms with Crippen molar-refractivity contribution in [2.45, 2.75) is 44.4 Å². The molecule has 1 heterocycles. The Hall–Kier alpha value is -3.31. The van der Waals surface area contributed by atoms with Gasteiger partial charge < -0.3 is 31.7 Å². The molecule has 0 radical (unpaired) electrons. The maximum absolute atomic E-state index is 13.3. The summed E-state index contributed by atoms with van der Waals surface area (Å²) in [5.74, 6) is -0.309. The number of carbonyl (C=O) groups is 1. The monoisotopic (exact) mass is 523 g/mol. The van der Waals surface area contributed by atoms with Crippen molar-refractivity contribution < 1.29 is 18.3 Å². The highest BCUT2D eigenvalue weighted by Crippen LogP contribution is 2.39. The van der Waals surface area contributed by atoms with Crippen molar-refractivity contribution in [2.24, 2.45) is 5.73 Å². The number of anilines is 1. The number of benzene rings is 1. The van der Waals surface area contributed by atoms with E-state index >= 15 is 0 Å². The number of hydrogen-bond acceptors (Lipinski definition) is 7. The van der Waals surface area contributed by atoms with Crippen LogP contribution in [0.15, 0.2) is 48.1 Å². The molecule has 0 saturated heterocycles. The molecule has 0 bridgehead atoms. The number of amides is 1. The Bertz CT molecular complexity index is 1130. The lowest BCUT2D eigenvalue weighted by Crippen LogP contribution is -2.32. The predicted molar refractivity (Wildman–Crippen MR) is 137 cm³/mol. The lowest BCUT2D eigenvalue weighted by molar-refractivity contribution is -0.112. The number of halogens is 3. The van der Waals surface area contributed by atoms with Crippen LogP contribution in [0, 0.1) is 0 Å². The second kappa shape index (κ2) is 12.1. The molecule has 6 N–H and O–H groups in total. The minimum atomic E-state index is -3.05. The van der Waals surface area contributed by atoms with Gasteiger partial charge in [0.05, 0.1) is 11.7 Å². The summed E-state index contributed by atoms with van der Waals surface area (Å²) in [6.07, 6.45) is 5.46. The van der Waals surface area contributed by atoms with Crippen LogP contribution in [-0.4, -0.2) is 49.5 Å².